The first-order valence-electron chi connectivity index (χ1n) is 5.82. The number of nitrogens with zero attached hydrogens (tertiary/aromatic N) is 1. The van der Waals surface area contributed by atoms with Crippen molar-refractivity contribution in [2.24, 2.45) is 5.92 Å². The molecule has 0 saturated carbocycles. The molecule has 1 aromatic heterocycles. The molecule has 0 aliphatic carbocycles. The van der Waals surface area contributed by atoms with E-state index in [1.165, 1.54) is 0 Å². The van der Waals surface area contributed by atoms with Crippen LogP contribution in [0.15, 0.2) is 16.9 Å². The minimum Gasteiger partial charge on any atom is -0.396 e. The Morgan fingerprint density at radius 1 is 1.47 bits per heavy atom. The first-order chi connectivity index (χ1) is 8.11. The van der Waals surface area contributed by atoms with Crippen LogP contribution in [0.25, 0.3) is 0 Å². The van der Waals surface area contributed by atoms with Gasteiger partial charge in [0.2, 0.25) is 0 Å². The summed E-state index contributed by atoms with van der Waals surface area (Å²) in [7, 11) is 0. The van der Waals surface area contributed by atoms with Crippen molar-refractivity contribution < 1.29 is 4.74 Å². The van der Waals surface area contributed by atoms with Crippen molar-refractivity contribution in [3.8, 4) is 0 Å². The third-order valence-corrected chi connectivity index (χ3v) is 2.75. The maximum absolute atomic E-state index is 5.82. The Labute approximate surface area is 111 Å². The molecule has 1 aromatic rings. The normalized spacial score (nSPS) is 10.8. The minimum atomic E-state index is 0.591. The van der Waals surface area contributed by atoms with Crippen LogP contribution < -0.4 is 11.1 Å². The van der Waals surface area contributed by atoms with Crippen molar-refractivity contribution in [3.05, 3.63) is 16.9 Å². The van der Waals surface area contributed by atoms with E-state index in [0.29, 0.717) is 11.6 Å². The molecule has 1 rings (SSSR count). The van der Waals surface area contributed by atoms with Crippen LogP contribution in [0.4, 0.5) is 11.4 Å². The maximum Gasteiger partial charge on any atom is 0.0750 e. The molecule has 3 N–H and O–H groups in total. The van der Waals surface area contributed by atoms with Gasteiger partial charge in [0, 0.05) is 26.0 Å². The van der Waals surface area contributed by atoms with Crippen molar-refractivity contribution in [2.75, 3.05) is 30.8 Å². The second kappa shape index (κ2) is 7.50. The maximum atomic E-state index is 5.82. The van der Waals surface area contributed by atoms with Crippen molar-refractivity contribution in [1.29, 1.82) is 0 Å². The van der Waals surface area contributed by atoms with Gasteiger partial charge < -0.3 is 15.8 Å². The predicted octanol–water partition coefficient (Wildman–Crippen LogP) is 2.90. The zero-order chi connectivity index (χ0) is 12.7. The molecule has 0 saturated heterocycles. The highest BCUT2D eigenvalue weighted by atomic mass is 79.9. The number of hydrogen-bond acceptors (Lipinski definition) is 4. The van der Waals surface area contributed by atoms with Gasteiger partial charge in [-0.2, -0.15) is 0 Å². The van der Waals surface area contributed by atoms with Crippen LogP contribution in [0, 0.1) is 5.92 Å². The molecule has 0 spiro atoms. The highest BCUT2D eigenvalue weighted by Crippen LogP contribution is 2.26. The van der Waals surface area contributed by atoms with Crippen molar-refractivity contribution in [1.82, 2.24) is 4.98 Å². The molecule has 0 unspecified atom stereocenters. The molecule has 0 aromatic carbocycles. The van der Waals surface area contributed by atoms with E-state index in [9.17, 15) is 0 Å². The minimum absolute atomic E-state index is 0.591. The van der Waals surface area contributed by atoms with Gasteiger partial charge in [-0.15, -0.1) is 0 Å². The Kier molecular flexibility index (Phi) is 6.29. The van der Waals surface area contributed by atoms with E-state index in [1.807, 2.05) is 0 Å². The molecule has 1 heterocycles. The van der Waals surface area contributed by atoms with E-state index in [0.717, 1.165) is 36.3 Å². The summed E-state index contributed by atoms with van der Waals surface area (Å²) < 4.78 is 6.39. The van der Waals surface area contributed by atoms with Crippen LogP contribution in [0.5, 0.6) is 0 Å². The summed E-state index contributed by atoms with van der Waals surface area (Å²) in [6.07, 6.45) is 4.33. The standard InChI is InChI=1S/C12H20BrN3O/c1-9(2)8-17-5-3-4-16-12-10(13)6-15-7-11(12)14/h6-7,9H,3-5,8,14H2,1-2H3,(H,15,16). The fraction of sp³-hybridized carbons (Fsp3) is 0.583. The van der Waals surface area contributed by atoms with E-state index < -0.39 is 0 Å². The molecule has 17 heavy (non-hydrogen) atoms. The van der Waals surface area contributed by atoms with Crippen molar-refractivity contribution in [2.45, 2.75) is 20.3 Å². The lowest BCUT2D eigenvalue weighted by atomic mass is 10.2. The fourth-order valence-corrected chi connectivity index (χ4v) is 1.83. The van der Waals surface area contributed by atoms with Gasteiger partial charge in [0.05, 0.1) is 22.0 Å². The Hall–Kier alpha value is -0.810. The second-order valence-electron chi connectivity index (χ2n) is 4.33. The van der Waals surface area contributed by atoms with E-state index in [2.05, 4.69) is 40.1 Å². The number of aromatic nitrogens is 1. The lowest BCUT2D eigenvalue weighted by molar-refractivity contribution is 0.110. The van der Waals surface area contributed by atoms with Crippen LogP contribution in [-0.2, 0) is 4.74 Å². The van der Waals surface area contributed by atoms with Gasteiger partial charge in [-0.3, -0.25) is 4.98 Å². The topological polar surface area (TPSA) is 60.2 Å². The number of anilines is 2. The fourth-order valence-electron chi connectivity index (χ4n) is 1.34. The van der Waals surface area contributed by atoms with E-state index in [-0.39, 0.29) is 0 Å². The molecule has 0 aliphatic heterocycles. The first-order valence-corrected chi connectivity index (χ1v) is 6.61. The molecule has 0 atom stereocenters. The van der Waals surface area contributed by atoms with Gasteiger partial charge in [0.15, 0.2) is 0 Å². The monoisotopic (exact) mass is 301 g/mol. The summed E-state index contributed by atoms with van der Waals surface area (Å²) in [6.45, 7) is 6.72. The molecule has 4 nitrogen and oxygen atoms in total. The zero-order valence-corrected chi connectivity index (χ0v) is 12.0. The number of halogens is 1. The highest BCUT2D eigenvalue weighted by Gasteiger charge is 2.03. The van der Waals surface area contributed by atoms with Crippen LogP contribution in [0.2, 0.25) is 0 Å². The van der Waals surface area contributed by atoms with Gasteiger partial charge in [-0.1, -0.05) is 13.8 Å². The van der Waals surface area contributed by atoms with Crippen LogP contribution in [0.1, 0.15) is 20.3 Å². The third kappa shape index (κ3) is 5.37. The summed E-state index contributed by atoms with van der Waals surface area (Å²) in [5.74, 6) is 0.591. The molecule has 5 heteroatoms. The number of rotatable bonds is 7. The van der Waals surface area contributed by atoms with Gasteiger partial charge in [0.1, 0.15) is 0 Å². The SMILES string of the molecule is CC(C)COCCCNc1c(N)cncc1Br. The molecule has 96 valence electrons. The quantitative estimate of drug-likeness (QED) is 0.760. The van der Waals surface area contributed by atoms with Gasteiger partial charge >= 0.3 is 0 Å². The summed E-state index contributed by atoms with van der Waals surface area (Å²) in [6, 6.07) is 0. The van der Waals surface area contributed by atoms with Gasteiger partial charge in [-0.05, 0) is 28.3 Å². The molecule has 0 aliphatic rings. The lowest BCUT2D eigenvalue weighted by Gasteiger charge is -2.11. The Morgan fingerprint density at radius 2 is 2.24 bits per heavy atom. The van der Waals surface area contributed by atoms with Crippen LogP contribution in [0.3, 0.4) is 0 Å². The number of pyridine rings is 1. The highest BCUT2D eigenvalue weighted by molar-refractivity contribution is 9.10. The van der Waals surface area contributed by atoms with E-state index in [1.54, 1.807) is 12.4 Å². The van der Waals surface area contributed by atoms with Crippen molar-refractivity contribution in [3.63, 3.8) is 0 Å². The summed E-state index contributed by atoms with van der Waals surface area (Å²) >= 11 is 3.41. The number of hydrogen-bond donors (Lipinski definition) is 2. The summed E-state index contributed by atoms with van der Waals surface area (Å²) in [5.41, 5.74) is 7.38. The predicted molar refractivity (Wildman–Crippen MR) is 75.1 cm³/mol. The molecular weight excluding hydrogens is 282 g/mol. The van der Waals surface area contributed by atoms with E-state index >= 15 is 0 Å². The van der Waals surface area contributed by atoms with Crippen molar-refractivity contribution >= 4 is 27.3 Å². The van der Waals surface area contributed by atoms with Gasteiger partial charge in [-0.25, -0.2) is 0 Å². The van der Waals surface area contributed by atoms with E-state index in [4.69, 9.17) is 10.5 Å². The molecular formula is C12H20BrN3O. The largest absolute Gasteiger partial charge is 0.396 e. The summed E-state index contributed by atoms with van der Waals surface area (Å²) in [4.78, 5) is 3.98. The Balaban J connectivity index is 2.22. The Morgan fingerprint density at radius 3 is 2.88 bits per heavy atom. The van der Waals surface area contributed by atoms with Crippen LogP contribution >= 0.6 is 15.9 Å². The number of ether oxygens (including phenoxy) is 1. The third-order valence-electron chi connectivity index (χ3n) is 2.15. The molecule has 0 radical (unpaired) electrons. The lowest BCUT2D eigenvalue weighted by Crippen LogP contribution is -2.10. The zero-order valence-electron chi connectivity index (χ0n) is 10.4. The average molecular weight is 302 g/mol. The number of nitrogen functional groups attached to an aromatic ring is 1. The molecule has 0 amide bonds. The molecule has 0 fully saturated rings. The second-order valence-corrected chi connectivity index (χ2v) is 5.19. The Bertz CT molecular complexity index is 324. The van der Waals surface area contributed by atoms with Crippen LogP contribution in [-0.4, -0.2) is 24.7 Å². The first kappa shape index (κ1) is 14.3. The smallest absolute Gasteiger partial charge is 0.0750 e. The number of nitrogens with two attached hydrogens (primary N) is 1. The number of nitrogens with one attached hydrogen (secondary N) is 1. The summed E-state index contributed by atoms with van der Waals surface area (Å²) in [5, 5.41) is 3.28. The van der Waals surface area contributed by atoms with Gasteiger partial charge in [0.25, 0.3) is 0 Å². The average Bonchev–Trinajstić information content (AvgIpc) is 2.26. The molecule has 0 bridgehead atoms.